The van der Waals surface area contributed by atoms with Crippen LogP contribution in [0.2, 0.25) is 0 Å². The van der Waals surface area contributed by atoms with E-state index in [9.17, 15) is 9.59 Å². The summed E-state index contributed by atoms with van der Waals surface area (Å²) in [6.45, 7) is 3.00. The van der Waals surface area contributed by atoms with E-state index in [-0.39, 0.29) is 11.8 Å². The molecule has 0 fully saturated rings. The van der Waals surface area contributed by atoms with Gasteiger partial charge in [-0.1, -0.05) is 42.5 Å². The quantitative estimate of drug-likeness (QED) is 0.561. The van der Waals surface area contributed by atoms with E-state index in [0.717, 1.165) is 11.3 Å². The number of carbonyl (C=O) groups is 2. The molecule has 0 heterocycles. The summed E-state index contributed by atoms with van der Waals surface area (Å²) in [6.07, 6.45) is 0.679. The van der Waals surface area contributed by atoms with Gasteiger partial charge in [-0.2, -0.15) is 0 Å². The van der Waals surface area contributed by atoms with Gasteiger partial charge in [0.05, 0.1) is 17.9 Å². The first kappa shape index (κ1) is 20.1. The second kappa shape index (κ2) is 10.1. The summed E-state index contributed by atoms with van der Waals surface area (Å²) in [6, 6.07) is 23.7. The summed E-state index contributed by atoms with van der Waals surface area (Å²) in [5.74, 6) is 0.340. The molecular formula is C24H24N2O3. The molecule has 5 nitrogen and oxygen atoms in total. The van der Waals surface area contributed by atoms with Gasteiger partial charge < -0.3 is 15.4 Å². The Morgan fingerprint density at radius 2 is 1.62 bits per heavy atom. The molecule has 2 amide bonds. The van der Waals surface area contributed by atoms with Crippen LogP contribution >= 0.6 is 0 Å². The molecule has 0 saturated carbocycles. The van der Waals surface area contributed by atoms with Crippen LogP contribution in [-0.2, 0) is 0 Å². The van der Waals surface area contributed by atoms with Crippen molar-refractivity contribution in [1.82, 2.24) is 5.32 Å². The van der Waals surface area contributed by atoms with Crippen molar-refractivity contribution in [3.63, 3.8) is 0 Å². The summed E-state index contributed by atoms with van der Waals surface area (Å²) in [5.41, 5.74) is 2.59. The Balaban J connectivity index is 1.51. The zero-order valence-corrected chi connectivity index (χ0v) is 16.4. The minimum atomic E-state index is -0.252. The Kier molecular flexibility index (Phi) is 7.00. The molecule has 0 spiro atoms. The standard InChI is InChI=1S/C24H24N2O3/c1-18-9-7-12-20(17-18)29-16-8-15-25-24(28)21-13-5-6-14-22(21)26-23(27)19-10-3-2-4-11-19/h2-7,9-14,17H,8,15-16H2,1H3,(H,25,28)(H,26,27). The first-order valence-electron chi connectivity index (χ1n) is 9.56. The number of amides is 2. The molecule has 3 aromatic rings. The van der Waals surface area contributed by atoms with Gasteiger partial charge in [0.2, 0.25) is 0 Å². The average molecular weight is 388 g/mol. The Bertz CT molecular complexity index is 971. The number of rotatable bonds is 8. The first-order valence-corrected chi connectivity index (χ1v) is 9.56. The van der Waals surface area contributed by atoms with E-state index >= 15 is 0 Å². The lowest BCUT2D eigenvalue weighted by atomic mass is 10.1. The van der Waals surface area contributed by atoms with E-state index in [2.05, 4.69) is 10.6 Å². The maximum atomic E-state index is 12.6. The van der Waals surface area contributed by atoms with Crippen molar-refractivity contribution in [3.8, 4) is 5.75 Å². The van der Waals surface area contributed by atoms with Crippen molar-refractivity contribution < 1.29 is 14.3 Å². The van der Waals surface area contributed by atoms with E-state index in [1.807, 2.05) is 37.3 Å². The van der Waals surface area contributed by atoms with Gasteiger partial charge in [-0.15, -0.1) is 0 Å². The van der Waals surface area contributed by atoms with Crippen LogP contribution in [-0.4, -0.2) is 25.0 Å². The number of nitrogens with one attached hydrogen (secondary N) is 2. The van der Waals surface area contributed by atoms with Crippen molar-refractivity contribution in [1.29, 1.82) is 0 Å². The van der Waals surface area contributed by atoms with Crippen molar-refractivity contribution in [2.75, 3.05) is 18.5 Å². The normalized spacial score (nSPS) is 10.2. The second-order valence-electron chi connectivity index (χ2n) is 6.64. The molecule has 3 aromatic carbocycles. The first-order chi connectivity index (χ1) is 14.1. The molecule has 0 atom stereocenters. The highest BCUT2D eigenvalue weighted by Crippen LogP contribution is 2.16. The third kappa shape index (κ3) is 5.94. The molecule has 0 bridgehead atoms. The van der Waals surface area contributed by atoms with Crippen molar-refractivity contribution in [2.24, 2.45) is 0 Å². The Morgan fingerprint density at radius 1 is 0.862 bits per heavy atom. The minimum absolute atomic E-state index is 0.232. The Hall–Kier alpha value is -3.60. The highest BCUT2D eigenvalue weighted by molar-refractivity contribution is 6.08. The highest BCUT2D eigenvalue weighted by Gasteiger charge is 2.13. The monoisotopic (exact) mass is 388 g/mol. The van der Waals surface area contributed by atoms with Gasteiger partial charge in [0.25, 0.3) is 11.8 Å². The SMILES string of the molecule is Cc1cccc(OCCCNC(=O)c2ccccc2NC(=O)c2ccccc2)c1. The van der Waals surface area contributed by atoms with Crippen LogP contribution in [0.15, 0.2) is 78.9 Å². The lowest BCUT2D eigenvalue weighted by Gasteiger charge is -2.12. The Morgan fingerprint density at radius 3 is 2.41 bits per heavy atom. The molecule has 0 radical (unpaired) electrons. The summed E-state index contributed by atoms with van der Waals surface area (Å²) in [5, 5.41) is 5.69. The summed E-state index contributed by atoms with van der Waals surface area (Å²) >= 11 is 0. The van der Waals surface area contributed by atoms with Crippen LogP contribution < -0.4 is 15.4 Å². The third-order valence-electron chi connectivity index (χ3n) is 4.32. The minimum Gasteiger partial charge on any atom is -0.494 e. The van der Waals surface area contributed by atoms with Crippen LogP contribution in [0.3, 0.4) is 0 Å². The van der Waals surface area contributed by atoms with Crippen molar-refractivity contribution >= 4 is 17.5 Å². The number of ether oxygens (including phenoxy) is 1. The van der Waals surface area contributed by atoms with Crippen LogP contribution in [0.25, 0.3) is 0 Å². The molecule has 2 N–H and O–H groups in total. The molecule has 0 aromatic heterocycles. The molecule has 0 aliphatic rings. The number of hydrogen-bond acceptors (Lipinski definition) is 3. The predicted molar refractivity (Wildman–Crippen MR) is 114 cm³/mol. The fraction of sp³-hybridized carbons (Fsp3) is 0.167. The summed E-state index contributed by atoms with van der Waals surface area (Å²) in [7, 11) is 0. The van der Waals surface area contributed by atoms with Gasteiger partial charge in [-0.25, -0.2) is 0 Å². The van der Waals surface area contributed by atoms with Gasteiger partial charge in [0.1, 0.15) is 5.75 Å². The average Bonchev–Trinajstić information content (AvgIpc) is 2.74. The van der Waals surface area contributed by atoms with Gasteiger partial charge in [0, 0.05) is 12.1 Å². The van der Waals surface area contributed by atoms with Crippen LogP contribution in [0.1, 0.15) is 32.7 Å². The number of para-hydroxylation sites is 1. The largest absolute Gasteiger partial charge is 0.494 e. The van der Waals surface area contributed by atoms with Gasteiger partial charge in [0.15, 0.2) is 0 Å². The fourth-order valence-electron chi connectivity index (χ4n) is 2.84. The zero-order chi connectivity index (χ0) is 20.5. The number of benzene rings is 3. The lowest BCUT2D eigenvalue weighted by Crippen LogP contribution is -2.27. The molecule has 0 unspecified atom stereocenters. The number of carbonyl (C=O) groups excluding carboxylic acids is 2. The van der Waals surface area contributed by atoms with E-state index in [1.165, 1.54) is 0 Å². The van der Waals surface area contributed by atoms with E-state index in [1.54, 1.807) is 48.5 Å². The maximum Gasteiger partial charge on any atom is 0.255 e. The summed E-state index contributed by atoms with van der Waals surface area (Å²) in [4.78, 5) is 24.9. The smallest absolute Gasteiger partial charge is 0.255 e. The van der Waals surface area contributed by atoms with E-state index in [0.29, 0.717) is 36.4 Å². The molecule has 148 valence electrons. The van der Waals surface area contributed by atoms with Crippen LogP contribution in [0, 0.1) is 6.92 Å². The number of aryl methyl sites for hydroxylation is 1. The number of hydrogen-bond donors (Lipinski definition) is 2. The van der Waals surface area contributed by atoms with Crippen LogP contribution in [0.5, 0.6) is 5.75 Å². The molecule has 0 saturated heterocycles. The number of anilines is 1. The predicted octanol–water partition coefficient (Wildman–Crippen LogP) is 4.45. The van der Waals surface area contributed by atoms with E-state index in [4.69, 9.17) is 4.74 Å². The van der Waals surface area contributed by atoms with Crippen LogP contribution in [0.4, 0.5) is 5.69 Å². The van der Waals surface area contributed by atoms with Gasteiger partial charge in [-0.3, -0.25) is 9.59 Å². The van der Waals surface area contributed by atoms with E-state index < -0.39 is 0 Å². The maximum absolute atomic E-state index is 12.6. The molecule has 3 rings (SSSR count). The zero-order valence-electron chi connectivity index (χ0n) is 16.4. The summed E-state index contributed by atoms with van der Waals surface area (Å²) < 4.78 is 5.69. The highest BCUT2D eigenvalue weighted by atomic mass is 16.5. The van der Waals surface area contributed by atoms with Gasteiger partial charge in [-0.05, 0) is 55.3 Å². The second-order valence-corrected chi connectivity index (χ2v) is 6.64. The molecule has 0 aliphatic heterocycles. The Labute approximate surface area is 170 Å². The lowest BCUT2D eigenvalue weighted by molar-refractivity contribution is 0.0952. The third-order valence-corrected chi connectivity index (χ3v) is 4.32. The van der Waals surface area contributed by atoms with Crippen molar-refractivity contribution in [2.45, 2.75) is 13.3 Å². The molecular weight excluding hydrogens is 364 g/mol. The molecule has 0 aliphatic carbocycles. The molecule has 5 heteroatoms. The molecule has 29 heavy (non-hydrogen) atoms. The van der Waals surface area contributed by atoms with Crippen molar-refractivity contribution in [3.05, 3.63) is 95.6 Å². The topological polar surface area (TPSA) is 67.4 Å². The van der Waals surface area contributed by atoms with Gasteiger partial charge >= 0.3 is 0 Å². The fourth-order valence-corrected chi connectivity index (χ4v) is 2.84.